The summed E-state index contributed by atoms with van der Waals surface area (Å²) in [6.45, 7) is 3.21. The Balaban J connectivity index is 1.48. The van der Waals surface area contributed by atoms with Crippen LogP contribution in [0.4, 0.5) is 10.1 Å². The predicted molar refractivity (Wildman–Crippen MR) is 130 cm³/mol. The Morgan fingerprint density at radius 1 is 1.15 bits per heavy atom. The van der Waals surface area contributed by atoms with Crippen molar-refractivity contribution < 1.29 is 18.7 Å². The van der Waals surface area contributed by atoms with Crippen LogP contribution in [0.15, 0.2) is 42.6 Å². The third kappa shape index (κ3) is 4.04. The standard InChI is InChI=1S/C26H29FN4O3/c1-17-13-18(3-6-22(17)27)24(32)30-10-7-26(8-11-30)9-12-31(25(26)33)20-4-5-21(19(15-28)16-29)23(14-20)34-2/h3-6,13-16,28H,7-12,29H2,1-2H3/b19-16+,28-15?. The van der Waals surface area contributed by atoms with Crippen LogP contribution in [-0.4, -0.2) is 49.7 Å². The summed E-state index contributed by atoms with van der Waals surface area (Å²) in [4.78, 5) is 30.0. The number of benzene rings is 2. The van der Waals surface area contributed by atoms with Crippen molar-refractivity contribution in [2.45, 2.75) is 26.2 Å². The van der Waals surface area contributed by atoms with Gasteiger partial charge >= 0.3 is 0 Å². The van der Waals surface area contributed by atoms with Crippen molar-refractivity contribution in [2.75, 3.05) is 31.6 Å². The van der Waals surface area contributed by atoms with Gasteiger partial charge in [-0.15, -0.1) is 0 Å². The fourth-order valence-electron chi connectivity index (χ4n) is 4.93. The van der Waals surface area contributed by atoms with Crippen molar-refractivity contribution in [3.8, 4) is 5.75 Å². The van der Waals surface area contributed by atoms with E-state index < -0.39 is 5.41 Å². The number of likely N-dealkylation sites (tertiary alicyclic amines) is 1. The molecular formula is C26H29FN4O3. The van der Waals surface area contributed by atoms with E-state index in [0.29, 0.717) is 60.5 Å². The van der Waals surface area contributed by atoms with Crippen molar-refractivity contribution >= 4 is 29.3 Å². The first kappa shape index (κ1) is 23.5. The van der Waals surface area contributed by atoms with Gasteiger partial charge in [-0.2, -0.15) is 0 Å². The molecule has 2 saturated heterocycles. The first-order valence-corrected chi connectivity index (χ1v) is 11.3. The molecule has 0 radical (unpaired) electrons. The summed E-state index contributed by atoms with van der Waals surface area (Å²) in [6.07, 6.45) is 4.43. The first-order chi connectivity index (χ1) is 16.3. The summed E-state index contributed by atoms with van der Waals surface area (Å²) in [7, 11) is 1.54. The Morgan fingerprint density at radius 2 is 1.85 bits per heavy atom. The number of hydrogen-bond acceptors (Lipinski definition) is 5. The van der Waals surface area contributed by atoms with E-state index in [9.17, 15) is 14.0 Å². The normalized spacial score (nSPS) is 17.9. The molecule has 2 aromatic rings. The number of nitrogens with one attached hydrogen (secondary N) is 1. The minimum Gasteiger partial charge on any atom is -0.496 e. The summed E-state index contributed by atoms with van der Waals surface area (Å²) >= 11 is 0. The second-order valence-corrected chi connectivity index (χ2v) is 8.89. The lowest BCUT2D eigenvalue weighted by Gasteiger charge is -2.38. The average molecular weight is 465 g/mol. The van der Waals surface area contributed by atoms with Crippen LogP contribution in [0.3, 0.4) is 0 Å². The highest BCUT2D eigenvalue weighted by molar-refractivity contribution is 6.09. The molecule has 2 amide bonds. The number of hydrogen-bond donors (Lipinski definition) is 2. The molecule has 0 unspecified atom stereocenters. The average Bonchev–Trinajstić information content (AvgIpc) is 3.17. The van der Waals surface area contributed by atoms with Crippen LogP contribution in [0.1, 0.15) is 40.7 Å². The molecule has 0 aromatic heterocycles. The van der Waals surface area contributed by atoms with Crippen molar-refractivity contribution in [1.82, 2.24) is 4.90 Å². The molecule has 0 bridgehead atoms. The van der Waals surface area contributed by atoms with Crippen LogP contribution in [-0.2, 0) is 4.79 Å². The van der Waals surface area contributed by atoms with Crippen molar-refractivity contribution in [3.63, 3.8) is 0 Å². The molecule has 2 aliphatic rings. The Bertz CT molecular complexity index is 1170. The molecule has 2 aromatic carbocycles. The van der Waals surface area contributed by atoms with Crippen LogP contribution in [0.5, 0.6) is 5.75 Å². The van der Waals surface area contributed by atoms with Crippen molar-refractivity contribution in [1.29, 1.82) is 5.41 Å². The summed E-state index contributed by atoms with van der Waals surface area (Å²) in [6, 6.07) is 9.86. The zero-order chi connectivity index (χ0) is 24.5. The molecule has 0 saturated carbocycles. The fraction of sp³-hybridized carbons (Fsp3) is 0.346. The van der Waals surface area contributed by atoms with Crippen molar-refractivity contribution in [3.05, 3.63) is 65.1 Å². The zero-order valence-corrected chi connectivity index (χ0v) is 19.4. The second-order valence-electron chi connectivity index (χ2n) is 8.89. The number of nitrogens with two attached hydrogens (primary N) is 1. The third-order valence-electron chi connectivity index (χ3n) is 7.07. The van der Waals surface area contributed by atoms with Crippen molar-refractivity contribution in [2.24, 2.45) is 11.1 Å². The maximum absolute atomic E-state index is 13.6. The molecule has 2 fully saturated rings. The van der Waals surface area contributed by atoms with E-state index in [0.717, 1.165) is 18.3 Å². The monoisotopic (exact) mass is 464 g/mol. The van der Waals surface area contributed by atoms with Gasteiger partial charge in [-0.05, 0) is 62.1 Å². The van der Waals surface area contributed by atoms with Gasteiger partial charge in [-0.1, -0.05) is 0 Å². The summed E-state index contributed by atoms with van der Waals surface area (Å²) in [5.41, 5.74) is 8.00. The number of amides is 2. The topological polar surface area (TPSA) is 99.7 Å². The quantitative estimate of drug-likeness (QED) is 0.658. The Morgan fingerprint density at radius 3 is 2.47 bits per heavy atom. The second kappa shape index (κ2) is 9.29. The number of rotatable bonds is 5. The first-order valence-electron chi connectivity index (χ1n) is 11.3. The Labute approximate surface area is 198 Å². The lowest BCUT2D eigenvalue weighted by molar-refractivity contribution is -0.127. The van der Waals surface area contributed by atoms with Gasteiger partial charge in [-0.3, -0.25) is 9.59 Å². The minimum absolute atomic E-state index is 0.0636. The van der Waals surface area contributed by atoms with Crippen LogP contribution < -0.4 is 15.4 Å². The van der Waals surface area contributed by atoms with E-state index in [4.69, 9.17) is 15.9 Å². The third-order valence-corrected chi connectivity index (χ3v) is 7.07. The molecule has 0 atom stereocenters. The molecule has 34 heavy (non-hydrogen) atoms. The molecule has 178 valence electrons. The van der Waals surface area contributed by atoms with E-state index >= 15 is 0 Å². The van der Waals surface area contributed by atoms with Gasteiger partial charge in [-0.25, -0.2) is 4.39 Å². The van der Waals surface area contributed by atoms with Gasteiger partial charge in [0.15, 0.2) is 0 Å². The maximum atomic E-state index is 13.6. The molecule has 4 rings (SSSR count). The predicted octanol–water partition coefficient (Wildman–Crippen LogP) is 3.75. The van der Waals surface area contributed by atoms with Gasteiger partial charge in [0.05, 0.1) is 12.5 Å². The number of piperidine rings is 1. The zero-order valence-electron chi connectivity index (χ0n) is 19.4. The van der Waals surface area contributed by atoms with Crippen LogP contribution in [0, 0.1) is 23.6 Å². The van der Waals surface area contributed by atoms with Crippen LogP contribution in [0.25, 0.3) is 5.57 Å². The number of aryl methyl sites for hydroxylation is 1. The highest BCUT2D eigenvalue weighted by Gasteiger charge is 2.49. The number of allylic oxidation sites excluding steroid dienone is 1. The summed E-state index contributed by atoms with van der Waals surface area (Å²) in [5, 5.41) is 7.53. The van der Waals surface area contributed by atoms with E-state index in [-0.39, 0.29) is 17.6 Å². The largest absolute Gasteiger partial charge is 0.496 e. The number of carbonyl (C=O) groups excluding carboxylic acids is 2. The highest BCUT2D eigenvalue weighted by atomic mass is 19.1. The Hall–Kier alpha value is -3.68. The number of methoxy groups -OCH3 is 1. The highest BCUT2D eigenvalue weighted by Crippen LogP contribution is 2.44. The van der Waals surface area contributed by atoms with Crippen LogP contribution >= 0.6 is 0 Å². The molecule has 3 N–H and O–H groups in total. The number of nitrogens with zero attached hydrogens (tertiary/aromatic N) is 2. The molecule has 7 nitrogen and oxygen atoms in total. The lowest BCUT2D eigenvalue weighted by Crippen LogP contribution is -2.46. The number of halogens is 1. The molecule has 1 spiro atoms. The molecule has 2 heterocycles. The summed E-state index contributed by atoms with van der Waals surface area (Å²) < 4.78 is 19.1. The fourth-order valence-corrected chi connectivity index (χ4v) is 4.93. The van der Waals surface area contributed by atoms with Gasteiger partial charge < -0.3 is 25.7 Å². The van der Waals surface area contributed by atoms with E-state index in [1.165, 1.54) is 18.3 Å². The van der Waals surface area contributed by atoms with Gasteiger partial charge in [0.1, 0.15) is 11.6 Å². The van der Waals surface area contributed by atoms with Gasteiger partial charge in [0.25, 0.3) is 5.91 Å². The number of carbonyl (C=O) groups is 2. The summed E-state index contributed by atoms with van der Waals surface area (Å²) in [5.74, 6) is 0.147. The number of ether oxygens (including phenoxy) is 1. The lowest BCUT2D eigenvalue weighted by atomic mass is 9.77. The molecular weight excluding hydrogens is 435 g/mol. The van der Waals surface area contributed by atoms with Gasteiger partial charge in [0.2, 0.25) is 5.91 Å². The van der Waals surface area contributed by atoms with E-state index in [1.54, 1.807) is 36.0 Å². The maximum Gasteiger partial charge on any atom is 0.253 e. The smallest absolute Gasteiger partial charge is 0.253 e. The Kier molecular flexibility index (Phi) is 6.41. The van der Waals surface area contributed by atoms with E-state index in [2.05, 4.69) is 0 Å². The minimum atomic E-state index is -0.487. The number of anilines is 1. The van der Waals surface area contributed by atoms with Gasteiger partial charge in [0, 0.05) is 60.5 Å². The SMILES string of the molecule is COc1cc(N2CCC3(CCN(C(=O)c4ccc(F)c(C)c4)CC3)C2=O)ccc1/C(C=N)=C/N. The molecule has 0 aliphatic carbocycles. The molecule has 8 heteroatoms. The van der Waals surface area contributed by atoms with E-state index in [1.807, 2.05) is 12.1 Å². The molecule has 2 aliphatic heterocycles. The van der Waals surface area contributed by atoms with Crippen LogP contribution in [0.2, 0.25) is 0 Å².